The molecule has 0 saturated heterocycles. The van der Waals surface area contributed by atoms with Crippen LogP contribution < -0.4 is 20.1 Å². The first-order valence-corrected chi connectivity index (χ1v) is 10.7. The van der Waals surface area contributed by atoms with E-state index in [0.717, 1.165) is 16.5 Å². The van der Waals surface area contributed by atoms with E-state index in [1.54, 1.807) is 30.1 Å². The van der Waals surface area contributed by atoms with Crippen molar-refractivity contribution in [3.8, 4) is 11.5 Å². The van der Waals surface area contributed by atoms with Crippen LogP contribution in [0.4, 0.5) is 11.4 Å². The second kappa shape index (κ2) is 11.2. The lowest BCUT2D eigenvalue weighted by molar-refractivity contribution is -0.119. The number of rotatable bonds is 10. The number of likely N-dealkylation sites (N-methyl/N-ethyl adjacent to an activating group) is 1. The second-order valence-corrected chi connectivity index (χ2v) is 7.32. The first kappa shape index (κ1) is 23.1. The molecule has 0 heterocycles. The molecule has 2 amide bonds. The molecule has 7 nitrogen and oxygen atoms in total. The van der Waals surface area contributed by atoms with Gasteiger partial charge in [-0.3, -0.25) is 14.5 Å². The van der Waals surface area contributed by atoms with E-state index in [0.29, 0.717) is 30.4 Å². The molecule has 0 fully saturated rings. The van der Waals surface area contributed by atoms with Gasteiger partial charge in [0.1, 0.15) is 0 Å². The molecule has 7 heteroatoms. The Bertz CT molecular complexity index is 1080. The third-order valence-corrected chi connectivity index (χ3v) is 4.72. The summed E-state index contributed by atoms with van der Waals surface area (Å²) in [5.41, 5.74) is 1.36. The third-order valence-electron chi connectivity index (χ3n) is 4.72. The summed E-state index contributed by atoms with van der Waals surface area (Å²) in [5, 5.41) is 7.81. The van der Waals surface area contributed by atoms with Crippen LogP contribution in [0, 0.1) is 0 Å². The normalized spacial score (nSPS) is 10.8. The standard InChI is InChI=1S/C25H29N3O4/c1-4-31-22-14-13-19(15-23(22)32-5-2)26-24(29)16-28(3)17-25(30)27-21-12-8-10-18-9-6-7-11-20(18)21/h6-15H,4-5,16-17H2,1-3H3,(H,26,29)(H,27,30). The lowest BCUT2D eigenvalue weighted by Crippen LogP contribution is -2.36. The fourth-order valence-electron chi connectivity index (χ4n) is 3.40. The third kappa shape index (κ3) is 6.21. The maximum Gasteiger partial charge on any atom is 0.238 e. The summed E-state index contributed by atoms with van der Waals surface area (Å²) in [5.74, 6) is 0.804. The van der Waals surface area contributed by atoms with E-state index in [-0.39, 0.29) is 24.9 Å². The van der Waals surface area contributed by atoms with Crippen LogP contribution in [0.5, 0.6) is 11.5 Å². The molecule has 0 unspecified atom stereocenters. The number of benzene rings is 3. The van der Waals surface area contributed by atoms with Crippen molar-refractivity contribution in [1.29, 1.82) is 0 Å². The molecule has 32 heavy (non-hydrogen) atoms. The van der Waals surface area contributed by atoms with Gasteiger partial charge in [-0.2, -0.15) is 0 Å². The van der Waals surface area contributed by atoms with Crippen molar-refractivity contribution >= 4 is 34.0 Å². The first-order valence-electron chi connectivity index (χ1n) is 10.7. The van der Waals surface area contributed by atoms with Crippen molar-refractivity contribution in [2.24, 2.45) is 0 Å². The molecule has 2 N–H and O–H groups in total. The van der Waals surface area contributed by atoms with Gasteiger partial charge in [0, 0.05) is 22.8 Å². The Kier molecular flexibility index (Phi) is 8.05. The highest BCUT2D eigenvalue weighted by molar-refractivity contribution is 6.03. The molecular weight excluding hydrogens is 406 g/mol. The van der Waals surface area contributed by atoms with Crippen molar-refractivity contribution in [2.75, 3.05) is 44.0 Å². The highest BCUT2D eigenvalue weighted by Crippen LogP contribution is 2.30. The van der Waals surface area contributed by atoms with Gasteiger partial charge in [0.15, 0.2) is 11.5 Å². The number of fused-ring (bicyclic) bond motifs is 1. The first-order chi connectivity index (χ1) is 15.5. The number of nitrogens with one attached hydrogen (secondary N) is 2. The van der Waals surface area contributed by atoms with Crippen LogP contribution in [0.15, 0.2) is 60.7 Å². The van der Waals surface area contributed by atoms with Crippen LogP contribution in [-0.4, -0.2) is 50.1 Å². The monoisotopic (exact) mass is 435 g/mol. The van der Waals surface area contributed by atoms with E-state index in [9.17, 15) is 9.59 Å². The van der Waals surface area contributed by atoms with Crippen LogP contribution in [-0.2, 0) is 9.59 Å². The summed E-state index contributed by atoms with van der Waals surface area (Å²) in [6.45, 7) is 4.96. The van der Waals surface area contributed by atoms with E-state index < -0.39 is 0 Å². The van der Waals surface area contributed by atoms with Gasteiger partial charge in [-0.05, 0) is 44.5 Å². The molecule has 0 spiro atoms. The zero-order valence-corrected chi connectivity index (χ0v) is 18.7. The van der Waals surface area contributed by atoms with Crippen molar-refractivity contribution in [2.45, 2.75) is 13.8 Å². The van der Waals surface area contributed by atoms with Gasteiger partial charge < -0.3 is 20.1 Å². The van der Waals surface area contributed by atoms with Crippen LogP contribution in [0.2, 0.25) is 0 Å². The fourth-order valence-corrected chi connectivity index (χ4v) is 3.40. The topological polar surface area (TPSA) is 79.9 Å². The Morgan fingerprint density at radius 2 is 1.47 bits per heavy atom. The Hall–Kier alpha value is -3.58. The molecule has 0 bridgehead atoms. The van der Waals surface area contributed by atoms with Crippen molar-refractivity contribution in [3.05, 3.63) is 60.7 Å². The smallest absolute Gasteiger partial charge is 0.238 e. The SMILES string of the molecule is CCOc1ccc(NC(=O)CN(C)CC(=O)Nc2cccc3ccccc23)cc1OCC. The molecule has 0 radical (unpaired) electrons. The lowest BCUT2D eigenvalue weighted by atomic mass is 10.1. The maximum absolute atomic E-state index is 12.5. The molecule has 3 rings (SSSR count). The Balaban J connectivity index is 1.55. The van der Waals surface area contributed by atoms with Crippen LogP contribution >= 0.6 is 0 Å². The minimum absolute atomic E-state index is 0.0696. The second-order valence-electron chi connectivity index (χ2n) is 7.32. The molecule has 0 atom stereocenters. The summed E-state index contributed by atoms with van der Waals surface area (Å²) >= 11 is 0. The average molecular weight is 436 g/mol. The number of hydrogen-bond donors (Lipinski definition) is 2. The number of amides is 2. The predicted molar refractivity (Wildman–Crippen MR) is 127 cm³/mol. The molecule has 0 saturated carbocycles. The highest BCUT2D eigenvalue weighted by Gasteiger charge is 2.13. The largest absolute Gasteiger partial charge is 0.490 e. The summed E-state index contributed by atoms with van der Waals surface area (Å²) in [4.78, 5) is 26.6. The van der Waals surface area contributed by atoms with Crippen LogP contribution in [0.25, 0.3) is 10.8 Å². The van der Waals surface area contributed by atoms with E-state index in [4.69, 9.17) is 9.47 Å². The van der Waals surface area contributed by atoms with E-state index >= 15 is 0 Å². The summed E-state index contributed by atoms with van der Waals surface area (Å²) in [6.07, 6.45) is 0. The van der Waals surface area contributed by atoms with Gasteiger partial charge in [0.25, 0.3) is 0 Å². The zero-order valence-electron chi connectivity index (χ0n) is 18.7. The van der Waals surface area contributed by atoms with Crippen molar-refractivity contribution in [1.82, 2.24) is 4.90 Å². The van der Waals surface area contributed by atoms with Crippen molar-refractivity contribution < 1.29 is 19.1 Å². The maximum atomic E-state index is 12.5. The number of carbonyl (C=O) groups excluding carboxylic acids is 2. The molecule has 0 aromatic heterocycles. The number of hydrogen-bond acceptors (Lipinski definition) is 5. The van der Waals surface area contributed by atoms with Gasteiger partial charge >= 0.3 is 0 Å². The van der Waals surface area contributed by atoms with Crippen molar-refractivity contribution in [3.63, 3.8) is 0 Å². The van der Waals surface area contributed by atoms with Crippen LogP contribution in [0.1, 0.15) is 13.8 Å². The van der Waals surface area contributed by atoms with E-state index in [1.165, 1.54) is 0 Å². The predicted octanol–water partition coefficient (Wildman–Crippen LogP) is 4.15. The molecule has 3 aromatic rings. The molecule has 168 valence electrons. The average Bonchev–Trinajstić information content (AvgIpc) is 2.76. The van der Waals surface area contributed by atoms with Gasteiger partial charge in [0.2, 0.25) is 11.8 Å². The quantitative estimate of drug-likeness (QED) is 0.500. The van der Waals surface area contributed by atoms with E-state index in [1.807, 2.05) is 56.3 Å². The van der Waals surface area contributed by atoms with Gasteiger partial charge in [-0.1, -0.05) is 36.4 Å². The number of nitrogens with zero attached hydrogens (tertiary/aromatic N) is 1. The summed E-state index contributed by atoms with van der Waals surface area (Å²) in [6, 6.07) is 18.9. The van der Waals surface area contributed by atoms with E-state index in [2.05, 4.69) is 10.6 Å². The minimum Gasteiger partial charge on any atom is -0.490 e. The highest BCUT2D eigenvalue weighted by atomic mass is 16.5. The Labute approximate surface area is 188 Å². The molecule has 0 aliphatic carbocycles. The molecule has 3 aromatic carbocycles. The molecule has 0 aliphatic rings. The number of ether oxygens (including phenoxy) is 2. The number of anilines is 2. The van der Waals surface area contributed by atoms with Gasteiger partial charge in [-0.15, -0.1) is 0 Å². The Morgan fingerprint density at radius 1 is 0.812 bits per heavy atom. The minimum atomic E-state index is -0.225. The van der Waals surface area contributed by atoms with Crippen LogP contribution in [0.3, 0.4) is 0 Å². The van der Waals surface area contributed by atoms with Gasteiger partial charge in [0.05, 0.1) is 26.3 Å². The molecular formula is C25H29N3O4. The number of carbonyl (C=O) groups is 2. The molecule has 0 aliphatic heterocycles. The summed E-state index contributed by atoms with van der Waals surface area (Å²) in [7, 11) is 1.73. The Morgan fingerprint density at radius 3 is 2.22 bits per heavy atom. The zero-order chi connectivity index (χ0) is 22.9. The van der Waals surface area contributed by atoms with Gasteiger partial charge in [-0.25, -0.2) is 0 Å². The summed E-state index contributed by atoms with van der Waals surface area (Å²) < 4.78 is 11.1. The fraction of sp³-hybridized carbons (Fsp3) is 0.280. The lowest BCUT2D eigenvalue weighted by Gasteiger charge is -2.17.